The third-order valence-electron chi connectivity index (χ3n) is 4.26. The number of aryl methyl sites for hydroxylation is 1. The number of hydrogen-bond acceptors (Lipinski definition) is 6. The molecule has 0 radical (unpaired) electrons. The van der Waals surface area contributed by atoms with E-state index < -0.39 is 17.8 Å². The Morgan fingerprint density at radius 2 is 1.66 bits per heavy atom. The smallest absolute Gasteiger partial charge is 0.412 e. The summed E-state index contributed by atoms with van der Waals surface area (Å²) in [4.78, 5) is 35.8. The summed E-state index contributed by atoms with van der Waals surface area (Å²) in [5.41, 5.74) is 1.93. The highest BCUT2D eigenvalue weighted by Crippen LogP contribution is 2.24. The van der Waals surface area contributed by atoms with Crippen molar-refractivity contribution in [2.45, 2.75) is 52.2 Å². The monoisotopic (exact) mass is 442 g/mol. The number of ether oxygens (including phenoxy) is 3. The van der Waals surface area contributed by atoms with Gasteiger partial charge in [0.1, 0.15) is 12.2 Å². The number of esters is 1. The zero-order valence-electron chi connectivity index (χ0n) is 18.9. The first-order valence-corrected chi connectivity index (χ1v) is 10.3. The van der Waals surface area contributed by atoms with Crippen LogP contribution in [-0.4, -0.2) is 30.9 Å². The van der Waals surface area contributed by atoms with Crippen LogP contribution >= 0.6 is 0 Å². The van der Waals surface area contributed by atoms with Crippen molar-refractivity contribution >= 4 is 29.5 Å². The summed E-state index contributed by atoms with van der Waals surface area (Å²) >= 11 is 0. The third-order valence-corrected chi connectivity index (χ3v) is 4.26. The molecule has 0 spiro atoms. The van der Waals surface area contributed by atoms with E-state index in [1.54, 1.807) is 39.0 Å². The Hall–Kier alpha value is -3.55. The average Bonchev–Trinajstić information content (AvgIpc) is 2.73. The molecule has 0 saturated carbocycles. The molecule has 0 atom stereocenters. The summed E-state index contributed by atoms with van der Waals surface area (Å²) < 4.78 is 15.2. The molecule has 0 heterocycles. The number of carbonyl (C=O) groups excluding carboxylic acids is 3. The number of nitrogens with one attached hydrogen (secondary N) is 2. The van der Waals surface area contributed by atoms with E-state index in [9.17, 15) is 14.4 Å². The molecule has 2 rings (SSSR count). The highest BCUT2D eigenvalue weighted by atomic mass is 16.6. The summed E-state index contributed by atoms with van der Waals surface area (Å²) in [7, 11) is 1.34. The molecule has 0 fully saturated rings. The maximum atomic E-state index is 12.3. The van der Waals surface area contributed by atoms with E-state index in [0.717, 1.165) is 11.1 Å². The highest BCUT2D eigenvalue weighted by molar-refractivity contribution is 5.90. The van der Waals surface area contributed by atoms with Crippen molar-refractivity contribution in [2.75, 3.05) is 17.7 Å². The lowest BCUT2D eigenvalue weighted by molar-refractivity contribution is -0.140. The molecule has 8 nitrogen and oxygen atoms in total. The normalized spacial score (nSPS) is 10.8. The standard InChI is InChI=1S/C24H30N2O6/c1-24(2,3)32-23(29)26-20-15-19(14-13-18(20)11-8-12-21(27)30-4)25-22(28)31-16-17-9-6-5-7-10-17/h5-7,9-10,13-15H,8,11-12,16H2,1-4H3,(H,25,28)(H,26,29). The van der Waals surface area contributed by atoms with E-state index in [2.05, 4.69) is 15.4 Å². The van der Waals surface area contributed by atoms with Gasteiger partial charge in [-0.05, 0) is 56.9 Å². The highest BCUT2D eigenvalue weighted by Gasteiger charge is 2.18. The largest absolute Gasteiger partial charge is 0.469 e. The molecule has 0 aromatic heterocycles. The molecule has 0 aliphatic carbocycles. The molecule has 0 saturated heterocycles. The number of anilines is 2. The van der Waals surface area contributed by atoms with Gasteiger partial charge in [-0.2, -0.15) is 0 Å². The second-order valence-corrected chi connectivity index (χ2v) is 8.12. The van der Waals surface area contributed by atoms with Crippen LogP contribution in [0.15, 0.2) is 48.5 Å². The molecule has 0 aliphatic rings. The van der Waals surface area contributed by atoms with Gasteiger partial charge in [0, 0.05) is 17.8 Å². The van der Waals surface area contributed by atoms with Crippen molar-refractivity contribution in [1.82, 2.24) is 0 Å². The summed E-state index contributed by atoms with van der Waals surface area (Å²) in [6.45, 7) is 5.45. The number of methoxy groups -OCH3 is 1. The fraction of sp³-hybridized carbons (Fsp3) is 0.375. The molecule has 2 N–H and O–H groups in total. The average molecular weight is 443 g/mol. The van der Waals surface area contributed by atoms with Crippen molar-refractivity contribution in [1.29, 1.82) is 0 Å². The maximum Gasteiger partial charge on any atom is 0.412 e. The van der Waals surface area contributed by atoms with Gasteiger partial charge in [0.05, 0.1) is 7.11 Å². The van der Waals surface area contributed by atoms with Gasteiger partial charge in [-0.1, -0.05) is 36.4 Å². The molecule has 172 valence electrons. The van der Waals surface area contributed by atoms with Crippen molar-refractivity contribution < 1.29 is 28.6 Å². The van der Waals surface area contributed by atoms with E-state index in [0.29, 0.717) is 24.2 Å². The first kappa shape index (κ1) is 24.7. The topological polar surface area (TPSA) is 103 Å². The summed E-state index contributed by atoms with van der Waals surface area (Å²) in [6, 6.07) is 14.4. The number of benzene rings is 2. The number of amides is 2. The van der Waals surface area contributed by atoms with Crippen LogP contribution in [0.25, 0.3) is 0 Å². The molecule has 0 bridgehead atoms. The predicted octanol–water partition coefficient (Wildman–Crippen LogP) is 5.28. The van der Waals surface area contributed by atoms with E-state index in [1.807, 2.05) is 30.3 Å². The van der Waals surface area contributed by atoms with Crippen molar-refractivity contribution in [3.8, 4) is 0 Å². The number of hydrogen-bond donors (Lipinski definition) is 2. The Morgan fingerprint density at radius 3 is 2.31 bits per heavy atom. The van der Waals surface area contributed by atoms with Gasteiger partial charge in [-0.3, -0.25) is 15.4 Å². The molecule has 0 unspecified atom stereocenters. The summed E-state index contributed by atoms with van der Waals surface area (Å²) in [5.74, 6) is -0.300. The second-order valence-electron chi connectivity index (χ2n) is 8.12. The zero-order valence-corrected chi connectivity index (χ0v) is 18.9. The minimum Gasteiger partial charge on any atom is -0.469 e. The Labute approximate surface area is 188 Å². The van der Waals surface area contributed by atoms with Crippen molar-refractivity contribution in [3.05, 3.63) is 59.7 Å². The van der Waals surface area contributed by atoms with Crippen LogP contribution in [0.5, 0.6) is 0 Å². The Morgan fingerprint density at radius 1 is 0.938 bits per heavy atom. The lowest BCUT2D eigenvalue weighted by atomic mass is 10.1. The van der Waals surface area contributed by atoms with Crippen molar-refractivity contribution in [2.24, 2.45) is 0 Å². The first-order chi connectivity index (χ1) is 15.2. The van der Waals surface area contributed by atoms with Gasteiger partial charge in [0.2, 0.25) is 0 Å². The molecule has 32 heavy (non-hydrogen) atoms. The molecule has 2 aromatic rings. The zero-order chi connectivity index (χ0) is 23.6. The Bertz CT molecular complexity index is 922. The van der Waals surface area contributed by atoms with Crippen LogP contribution in [-0.2, 0) is 32.0 Å². The minimum absolute atomic E-state index is 0.140. The number of rotatable bonds is 8. The van der Waals surface area contributed by atoms with Gasteiger partial charge in [0.15, 0.2) is 0 Å². The van der Waals surface area contributed by atoms with Crippen molar-refractivity contribution in [3.63, 3.8) is 0 Å². The molecule has 0 aliphatic heterocycles. The Balaban J connectivity index is 2.07. The Kier molecular flexibility index (Phi) is 9.07. The predicted molar refractivity (Wildman–Crippen MR) is 122 cm³/mol. The first-order valence-electron chi connectivity index (χ1n) is 10.3. The molecular weight excluding hydrogens is 412 g/mol. The van der Waals surface area contributed by atoms with E-state index in [1.165, 1.54) is 7.11 Å². The van der Waals surface area contributed by atoms with Gasteiger partial charge in [-0.15, -0.1) is 0 Å². The van der Waals surface area contributed by atoms with Gasteiger partial charge in [-0.25, -0.2) is 9.59 Å². The SMILES string of the molecule is COC(=O)CCCc1ccc(NC(=O)OCc2ccccc2)cc1NC(=O)OC(C)(C)C. The molecule has 2 amide bonds. The lowest BCUT2D eigenvalue weighted by Gasteiger charge is -2.21. The van der Waals surface area contributed by atoms with Gasteiger partial charge in [0.25, 0.3) is 0 Å². The number of carbonyl (C=O) groups is 3. The van der Waals surface area contributed by atoms with E-state index in [4.69, 9.17) is 9.47 Å². The van der Waals surface area contributed by atoms with Crippen LogP contribution in [0.2, 0.25) is 0 Å². The van der Waals surface area contributed by atoms with E-state index in [-0.39, 0.29) is 19.0 Å². The summed E-state index contributed by atoms with van der Waals surface area (Å²) in [5, 5.41) is 5.38. The fourth-order valence-electron chi connectivity index (χ4n) is 2.80. The van der Waals surface area contributed by atoms with Gasteiger partial charge < -0.3 is 14.2 Å². The van der Waals surface area contributed by atoms with Gasteiger partial charge >= 0.3 is 18.2 Å². The fourth-order valence-corrected chi connectivity index (χ4v) is 2.80. The van der Waals surface area contributed by atoms with Crippen LogP contribution in [0.1, 0.15) is 44.7 Å². The quantitative estimate of drug-likeness (QED) is 0.426. The molecule has 8 heteroatoms. The minimum atomic E-state index is -0.660. The van der Waals surface area contributed by atoms with E-state index >= 15 is 0 Å². The summed E-state index contributed by atoms with van der Waals surface area (Å²) in [6.07, 6.45) is 0.0976. The van der Waals surface area contributed by atoms with Crippen LogP contribution in [0.3, 0.4) is 0 Å². The van der Waals surface area contributed by atoms with Crippen LogP contribution in [0.4, 0.5) is 21.0 Å². The van der Waals surface area contributed by atoms with Crippen LogP contribution < -0.4 is 10.6 Å². The molecule has 2 aromatic carbocycles. The third kappa shape index (κ3) is 9.07. The molecular formula is C24H30N2O6. The van der Waals surface area contributed by atoms with Crippen LogP contribution in [0, 0.1) is 0 Å². The maximum absolute atomic E-state index is 12.3. The second kappa shape index (κ2) is 11.7. The lowest BCUT2D eigenvalue weighted by Crippen LogP contribution is -2.27.